The number of carbonyl (C=O) groups is 2. The van der Waals surface area contributed by atoms with Crippen LogP contribution in [0.5, 0.6) is 0 Å². The zero-order chi connectivity index (χ0) is 12.0. The largest absolute Gasteiger partial charge is 0.290 e. The quantitative estimate of drug-likeness (QED) is 0.544. The van der Waals surface area contributed by atoms with Crippen molar-refractivity contribution >= 4 is 11.6 Å². The van der Waals surface area contributed by atoms with Crippen molar-refractivity contribution in [1.29, 1.82) is 0 Å². The van der Waals surface area contributed by atoms with Gasteiger partial charge in [0.15, 0.2) is 0 Å². The summed E-state index contributed by atoms with van der Waals surface area (Å²) in [5, 5.41) is 0. The lowest BCUT2D eigenvalue weighted by atomic mass is 9.62. The highest BCUT2D eigenvalue weighted by atomic mass is 16.2. The Morgan fingerprint density at radius 3 is 2.41 bits per heavy atom. The number of hydrogen-bond acceptors (Lipinski definition) is 2. The molecule has 2 nitrogen and oxygen atoms in total. The second kappa shape index (κ2) is 3.66. The van der Waals surface area contributed by atoms with Gasteiger partial charge in [-0.05, 0) is 24.8 Å². The Labute approximate surface area is 100 Å². The Bertz CT molecular complexity index is 513. The summed E-state index contributed by atoms with van der Waals surface area (Å²) in [5.41, 5.74) is 2.25. The highest BCUT2D eigenvalue weighted by Gasteiger charge is 2.47. The highest BCUT2D eigenvalue weighted by molar-refractivity contribution is 6.41. The Hall–Kier alpha value is -1.70. The van der Waals surface area contributed by atoms with Crippen molar-refractivity contribution in [2.45, 2.75) is 19.3 Å². The zero-order valence-electron chi connectivity index (χ0n) is 9.72. The molecule has 0 heterocycles. The van der Waals surface area contributed by atoms with Crippen LogP contribution in [-0.2, 0) is 9.59 Å². The van der Waals surface area contributed by atoms with Crippen molar-refractivity contribution in [2.24, 2.45) is 11.8 Å². The van der Waals surface area contributed by atoms with Crippen LogP contribution in [0.25, 0.3) is 0 Å². The van der Waals surface area contributed by atoms with Crippen LogP contribution in [0.4, 0.5) is 0 Å². The summed E-state index contributed by atoms with van der Waals surface area (Å²) in [4.78, 5) is 23.7. The smallest absolute Gasteiger partial charge is 0.206 e. The molecular weight excluding hydrogens is 212 g/mol. The molecule has 86 valence electrons. The van der Waals surface area contributed by atoms with E-state index in [1.807, 2.05) is 31.2 Å². The van der Waals surface area contributed by atoms with Crippen molar-refractivity contribution in [2.75, 3.05) is 0 Å². The third kappa shape index (κ3) is 1.47. The lowest BCUT2D eigenvalue weighted by molar-refractivity contribution is -0.143. The minimum absolute atomic E-state index is 0.183. The second-order valence-corrected chi connectivity index (χ2v) is 4.98. The minimum atomic E-state index is -0.213. The fourth-order valence-electron chi connectivity index (χ4n) is 3.15. The van der Waals surface area contributed by atoms with Gasteiger partial charge in [-0.15, -0.1) is 0 Å². The number of hydrogen-bond donors (Lipinski definition) is 0. The molecule has 0 aromatic heterocycles. The molecule has 0 unspecified atom stereocenters. The summed E-state index contributed by atoms with van der Waals surface area (Å²) in [5.74, 6) is -0.577. The maximum Gasteiger partial charge on any atom is 0.206 e. The maximum atomic E-state index is 12.0. The molecule has 2 heteroatoms. The zero-order valence-corrected chi connectivity index (χ0v) is 9.72. The van der Waals surface area contributed by atoms with E-state index in [1.54, 1.807) is 0 Å². The van der Waals surface area contributed by atoms with Gasteiger partial charge in [0.2, 0.25) is 11.6 Å². The molecule has 0 radical (unpaired) electrons. The van der Waals surface area contributed by atoms with Crippen molar-refractivity contribution < 1.29 is 9.59 Å². The molecule has 1 aromatic carbocycles. The Morgan fingerprint density at radius 2 is 1.76 bits per heavy atom. The van der Waals surface area contributed by atoms with Gasteiger partial charge < -0.3 is 0 Å². The van der Waals surface area contributed by atoms with Gasteiger partial charge in [-0.3, -0.25) is 9.59 Å². The number of rotatable bonds is 1. The molecule has 0 N–H and O–H groups in total. The van der Waals surface area contributed by atoms with E-state index in [0.717, 1.165) is 12.0 Å². The van der Waals surface area contributed by atoms with Crippen LogP contribution in [0.2, 0.25) is 0 Å². The van der Waals surface area contributed by atoms with Crippen LogP contribution < -0.4 is 0 Å². The van der Waals surface area contributed by atoms with Crippen molar-refractivity contribution in [3.05, 3.63) is 47.5 Å². The van der Waals surface area contributed by atoms with Gasteiger partial charge in [0, 0.05) is 5.92 Å². The van der Waals surface area contributed by atoms with Gasteiger partial charge in [-0.25, -0.2) is 0 Å². The van der Waals surface area contributed by atoms with Gasteiger partial charge in [0.1, 0.15) is 0 Å². The number of fused-ring (bicyclic) bond motifs is 2. The number of Topliss-reactive ketones (excluding diaryl/α,β-unsaturated/α-hetero) is 2. The van der Waals surface area contributed by atoms with Gasteiger partial charge >= 0.3 is 0 Å². The fourth-order valence-corrected chi connectivity index (χ4v) is 3.15. The molecule has 1 aromatic rings. The summed E-state index contributed by atoms with van der Waals surface area (Å²) in [7, 11) is 0. The molecule has 0 spiro atoms. The van der Waals surface area contributed by atoms with Crippen LogP contribution in [-0.4, -0.2) is 11.6 Å². The standard InChI is InChI=1S/C15H14O2/c1-9-7-11-8-12(10-5-3-2-4-6-10)13(9)15(17)14(11)16/h2-7,11-13H,8H2,1H3/t11-,12-,13+/m1/s1. The molecule has 4 rings (SSSR count). The van der Waals surface area contributed by atoms with E-state index in [-0.39, 0.29) is 29.3 Å². The first-order chi connectivity index (χ1) is 8.18. The van der Waals surface area contributed by atoms with Gasteiger partial charge in [0.25, 0.3) is 0 Å². The fraction of sp³-hybridized carbons (Fsp3) is 0.333. The van der Waals surface area contributed by atoms with E-state index in [9.17, 15) is 9.59 Å². The number of carbonyl (C=O) groups excluding carboxylic acids is 2. The molecule has 3 aliphatic rings. The molecule has 0 saturated heterocycles. The topological polar surface area (TPSA) is 34.1 Å². The summed E-state index contributed by atoms with van der Waals surface area (Å²) in [6, 6.07) is 10.1. The van der Waals surface area contributed by atoms with Crippen LogP contribution in [0.1, 0.15) is 24.8 Å². The third-order valence-electron chi connectivity index (χ3n) is 3.95. The summed E-state index contributed by atoms with van der Waals surface area (Å²) < 4.78 is 0. The molecule has 1 saturated carbocycles. The SMILES string of the molecule is CC1=C[C@@H]2C[C@H](c3ccccc3)[C@H]1C(=O)C2=O. The molecule has 3 aliphatic carbocycles. The average molecular weight is 226 g/mol. The number of ketones is 2. The summed E-state index contributed by atoms with van der Waals surface area (Å²) in [6.45, 7) is 1.97. The monoisotopic (exact) mass is 226 g/mol. The van der Waals surface area contributed by atoms with E-state index in [4.69, 9.17) is 0 Å². The molecule has 2 bridgehead atoms. The predicted molar refractivity (Wildman–Crippen MR) is 64.6 cm³/mol. The average Bonchev–Trinajstić information content (AvgIpc) is 2.35. The minimum Gasteiger partial charge on any atom is -0.290 e. The summed E-state index contributed by atoms with van der Waals surface area (Å²) >= 11 is 0. The van der Waals surface area contributed by atoms with E-state index in [1.165, 1.54) is 5.56 Å². The predicted octanol–water partition coefficient (Wildman–Crippen LogP) is 2.50. The van der Waals surface area contributed by atoms with Crippen LogP contribution in [0, 0.1) is 11.8 Å². The van der Waals surface area contributed by atoms with Crippen molar-refractivity contribution in [3.63, 3.8) is 0 Å². The normalized spacial score (nSPS) is 31.6. The Kier molecular flexibility index (Phi) is 2.25. The summed E-state index contributed by atoms with van der Waals surface area (Å²) in [6.07, 6.45) is 2.77. The van der Waals surface area contributed by atoms with Gasteiger partial charge in [0.05, 0.1) is 5.92 Å². The number of benzene rings is 1. The van der Waals surface area contributed by atoms with E-state index in [2.05, 4.69) is 12.1 Å². The lowest BCUT2D eigenvalue weighted by Gasteiger charge is -2.39. The van der Waals surface area contributed by atoms with E-state index in [0.29, 0.717) is 0 Å². The second-order valence-electron chi connectivity index (χ2n) is 4.98. The molecular formula is C15H14O2. The van der Waals surface area contributed by atoms with Crippen LogP contribution in [0.3, 0.4) is 0 Å². The van der Waals surface area contributed by atoms with Gasteiger partial charge in [-0.2, -0.15) is 0 Å². The Morgan fingerprint density at radius 1 is 1.06 bits per heavy atom. The first-order valence-corrected chi connectivity index (χ1v) is 6.00. The van der Waals surface area contributed by atoms with E-state index < -0.39 is 0 Å². The number of allylic oxidation sites excluding steroid dienone is 2. The van der Waals surface area contributed by atoms with Crippen molar-refractivity contribution in [1.82, 2.24) is 0 Å². The molecule has 1 fully saturated rings. The molecule has 0 amide bonds. The van der Waals surface area contributed by atoms with Gasteiger partial charge in [-0.1, -0.05) is 42.0 Å². The van der Waals surface area contributed by atoms with Crippen LogP contribution in [0.15, 0.2) is 42.0 Å². The molecule has 3 atom stereocenters. The first kappa shape index (κ1) is 10.5. The lowest BCUT2D eigenvalue weighted by Crippen LogP contribution is -2.44. The van der Waals surface area contributed by atoms with Crippen LogP contribution >= 0.6 is 0 Å². The van der Waals surface area contributed by atoms with Crippen molar-refractivity contribution in [3.8, 4) is 0 Å². The molecule has 0 aliphatic heterocycles. The Balaban J connectivity index is 2.04. The molecule has 17 heavy (non-hydrogen) atoms. The maximum absolute atomic E-state index is 12.0. The van der Waals surface area contributed by atoms with E-state index >= 15 is 0 Å². The highest BCUT2D eigenvalue weighted by Crippen LogP contribution is 2.45. The third-order valence-corrected chi connectivity index (χ3v) is 3.95. The first-order valence-electron chi connectivity index (χ1n) is 6.00.